The highest BCUT2D eigenvalue weighted by atomic mass is 16.1. The van der Waals surface area contributed by atoms with Crippen LogP contribution in [-0.2, 0) is 12.8 Å². The van der Waals surface area contributed by atoms with Crippen molar-refractivity contribution >= 4 is 11.0 Å². The van der Waals surface area contributed by atoms with Crippen LogP contribution in [0.3, 0.4) is 0 Å². The fraction of sp³-hybridized carbons (Fsp3) is 0.684. The zero-order valence-corrected chi connectivity index (χ0v) is 15.3. The van der Waals surface area contributed by atoms with Gasteiger partial charge in [-0.1, -0.05) is 0 Å². The molecule has 3 N–H and O–H groups in total. The summed E-state index contributed by atoms with van der Waals surface area (Å²) in [6.45, 7) is 2.19. The molecule has 2 aromatic heterocycles. The van der Waals surface area contributed by atoms with E-state index in [0.717, 1.165) is 43.6 Å². The first kappa shape index (κ1) is 16.8. The molecule has 2 aliphatic rings. The molecule has 0 saturated carbocycles. The monoisotopic (exact) mass is 343 g/mol. The first-order valence-corrected chi connectivity index (χ1v) is 9.65. The summed E-state index contributed by atoms with van der Waals surface area (Å²) < 4.78 is 0. The Balaban J connectivity index is 1.68. The van der Waals surface area contributed by atoms with Crippen LogP contribution in [-0.4, -0.2) is 47.3 Å². The van der Waals surface area contributed by atoms with Crippen molar-refractivity contribution in [3.05, 3.63) is 27.2 Å². The Kier molecular flexibility index (Phi) is 4.65. The highest BCUT2D eigenvalue weighted by Crippen LogP contribution is 2.37. The molecule has 3 heterocycles. The second-order valence-corrected chi connectivity index (χ2v) is 7.91. The average Bonchev–Trinajstić information content (AvgIpc) is 3.21. The Morgan fingerprint density at radius 2 is 2.00 bits per heavy atom. The van der Waals surface area contributed by atoms with Crippen LogP contribution < -0.4 is 10.9 Å². The molecule has 0 radical (unpaired) electrons. The number of nitrogens with zero attached hydrogens (tertiary/aromatic N) is 2. The van der Waals surface area contributed by atoms with Gasteiger partial charge in [0.05, 0.1) is 11.7 Å². The van der Waals surface area contributed by atoms with E-state index in [9.17, 15) is 4.79 Å². The van der Waals surface area contributed by atoms with E-state index in [1.54, 1.807) is 0 Å². The van der Waals surface area contributed by atoms with Crippen molar-refractivity contribution in [1.29, 1.82) is 0 Å². The number of rotatable bonds is 5. The minimum Gasteiger partial charge on any atom is -0.309 e. The van der Waals surface area contributed by atoms with Gasteiger partial charge in [-0.05, 0) is 83.6 Å². The molecule has 2 unspecified atom stereocenters. The van der Waals surface area contributed by atoms with Crippen LogP contribution in [0.15, 0.2) is 4.79 Å². The maximum Gasteiger partial charge on any atom is 0.253 e. The maximum absolute atomic E-state index is 12.3. The first-order valence-electron chi connectivity index (χ1n) is 9.65. The normalized spacial score (nSPS) is 23.5. The summed E-state index contributed by atoms with van der Waals surface area (Å²) in [6, 6.07) is 0.323. The van der Waals surface area contributed by atoms with E-state index in [1.165, 1.54) is 42.3 Å². The Morgan fingerprint density at radius 1 is 1.20 bits per heavy atom. The summed E-state index contributed by atoms with van der Waals surface area (Å²) in [5.74, 6) is 0.634. The second-order valence-electron chi connectivity index (χ2n) is 7.91. The van der Waals surface area contributed by atoms with Crippen molar-refractivity contribution in [1.82, 2.24) is 25.4 Å². The molecule has 6 nitrogen and oxygen atoms in total. The quantitative estimate of drug-likeness (QED) is 0.777. The lowest BCUT2D eigenvalue weighted by Crippen LogP contribution is -2.22. The standard InChI is InChI=1S/C19H29N5O/c1-24(2)11-5-6-12-9-10-20-16(12)17-15-13-7-3-4-8-14(13)19(25)21-18(15)23-22-17/h12,16,20H,3-11H2,1-2H3,(H2,21,22,23,25). The summed E-state index contributed by atoms with van der Waals surface area (Å²) in [5, 5.41) is 12.6. The van der Waals surface area contributed by atoms with E-state index < -0.39 is 0 Å². The lowest BCUT2D eigenvalue weighted by atomic mass is 9.87. The van der Waals surface area contributed by atoms with Gasteiger partial charge in [-0.15, -0.1) is 0 Å². The minimum atomic E-state index is 0.0576. The van der Waals surface area contributed by atoms with Gasteiger partial charge in [-0.3, -0.25) is 9.89 Å². The number of pyridine rings is 1. The highest BCUT2D eigenvalue weighted by molar-refractivity contribution is 5.83. The summed E-state index contributed by atoms with van der Waals surface area (Å²) >= 11 is 0. The fourth-order valence-corrected chi connectivity index (χ4v) is 4.67. The van der Waals surface area contributed by atoms with Crippen molar-refractivity contribution in [2.75, 3.05) is 27.2 Å². The van der Waals surface area contributed by atoms with Crippen molar-refractivity contribution in [2.45, 2.75) is 51.0 Å². The number of aromatic amines is 2. The molecular weight excluding hydrogens is 314 g/mol. The predicted molar refractivity (Wildman–Crippen MR) is 100.0 cm³/mol. The van der Waals surface area contributed by atoms with Crippen LogP contribution in [0.2, 0.25) is 0 Å². The van der Waals surface area contributed by atoms with Crippen LogP contribution >= 0.6 is 0 Å². The fourth-order valence-electron chi connectivity index (χ4n) is 4.67. The molecule has 6 heteroatoms. The second kappa shape index (κ2) is 6.92. The Hall–Kier alpha value is -1.66. The largest absolute Gasteiger partial charge is 0.309 e. The summed E-state index contributed by atoms with van der Waals surface area (Å²) in [6.07, 6.45) is 7.84. The van der Waals surface area contributed by atoms with E-state index in [4.69, 9.17) is 0 Å². The molecule has 0 spiro atoms. The zero-order valence-electron chi connectivity index (χ0n) is 15.3. The molecule has 1 fully saturated rings. The molecule has 1 aliphatic carbocycles. The average molecular weight is 343 g/mol. The van der Waals surface area contributed by atoms with Gasteiger partial charge < -0.3 is 15.2 Å². The van der Waals surface area contributed by atoms with Gasteiger partial charge in [0.25, 0.3) is 5.56 Å². The number of hydrogen-bond acceptors (Lipinski definition) is 4. The molecular formula is C19H29N5O. The predicted octanol–water partition coefficient (Wildman–Crippen LogP) is 2.12. The summed E-state index contributed by atoms with van der Waals surface area (Å²) in [7, 11) is 4.27. The third-order valence-electron chi connectivity index (χ3n) is 5.91. The number of hydrogen-bond donors (Lipinski definition) is 3. The number of aryl methyl sites for hydroxylation is 1. The smallest absolute Gasteiger partial charge is 0.253 e. The highest BCUT2D eigenvalue weighted by Gasteiger charge is 2.32. The van der Waals surface area contributed by atoms with E-state index in [-0.39, 0.29) is 5.56 Å². The van der Waals surface area contributed by atoms with Crippen LogP contribution in [0.1, 0.15) is 55.0 Å². The van der Waals surface area contributed by atoms with E-state index in [1.807, 2.05) is 0 Å². The first-order chi connectivity index (χ1) is 12.1. The van der Waals surface area contributed by atoms with Gasteiger partial charge in [-0.2, -0.15) is 5.10 Å². The van der Waals surface area contributed by atoms with Crippen molar-refractivity contribution in [3.8, 4) is 0 Å². The third-order valence-corrected chi connectivity index (χ3v) is 5.91. The SMILES string of the molecule is CN(C)CCCC1CCNC1c1[nH]nc2[nH]c(=O)c3c(c12)CCCC3. The zero-order chi connectivity index (χ0) is 17.4. The maximum atomic E-state index is 12.3. The summed E-state index contributed by atoms with van der Waals surface area (Å²) in [4.78, 5) is 17.6. The third kappa shape index (κ3) is 3.13. The summed E-state index contributed by atoms with van der Waals surface area (Å²) in [5.41, 5.74) is 4.22. The molecule has 0 amide bonds. The number of H-pyrrole nitrogens is 2. The van der Waals surface area contributed by atoms with Gasteiger partial charge in [0, 0.05) is 10.9 Å². The van der Waals surface area contributed by atoms with Gasteiger partial charge >= 0.3 is 0 Å². The van der Waals surface area contributed by atoms with Crippen LogP contribution in [0.25, 0.3) is 11.0 Å². The van der Waals surface area contributed by atoms with Crippen LogP contribution in [0.4, 0.5) is 0 Å². The Labute approximate surface area is 148 Å². The molecule has 0 bridgehead atoms. The molecule has 4 rings (SSSR count). The molecule has 25 heavy (non-hydrogen) atoms. The molecule has 2 atom stereocenters. The molecule has 0 aromatic carbocycles. The Bertz CT molecular complexity index is 806. The topological polar surface area (TPSA) is 76.8 Å². The lowest BCUT2D eigenvalue weighted by molar-refractivity contribution is 0.349. The van der Waals surface area contributed by atoms with Gasteiger partial charge in [0.1, 0.15) is 0 Å². The minimum absolute atomic E-state index is 0.0576. The van der Waals surface area contributed by atoms with E-state index >= 15 is 0 Å². The van der Waals surface area contributed by atoms with Crippen LogP contribution in [0.5, 0.6) is 0 Å². The van der Waals surface area contributed by atoms with Crippen molar-refractivity contribution < 1.29 is 0 Å². The number of fused-ring (bicyclic) bond motifs is 3. The van der Waals surface area contributed by atoms with E-state index in [0.29, 0.717) is 12.0 Å². The van der Waals surface area contributed by atoms with Gasteiger partial charge in [0.15, 0.2) is 5.65 Å². The molecule has 136 valence electrons. The van der Waals surface area contributed by atoms with Gasteiger partial charge in [-0.25, -0.2) is 0 Å². The van der Waals surface area contributed by atoms with E-state index in [2.05, 4.69) is 39.5 Å². The molecule has 1 saturated heterocycles. The molecule has 1 aliphatic heterocycles. The van der Waals surface area contributed by atoms with Crippen LogP contribution in [0, 0.1) is 5.92 Å². The van der Waals surface area contributed by atoms with Crippen molar-refractivity contribution in [2.24, 2.45) is 5.92 Å². The Morgan fingerprint density at radius 3 is 2.80 bits per heavy atom. The lowest BCUT2D eigenvalue weighted by Gasteiger charge is -2.21. The van der Waals surface area contributed by atoms with Crippen molar-refractivity contribution in [3.63, 3.8) is 0 Å². The number of aromatic nitrogens is 3. The number of nitrogens with one attached hydrogen (secondary N) is 3. The van der Waals surface area contributed by atoms with Gasteiger partial charge in [0.2, 0.25) is 0 Å². The molecule has 2 aromatic rings.